The highest BCUT2D eigenvalue weighted by molar-refractivity contribution is 7.92. The zero-order valence-corrected chi connectivity index (χ0v) is 19.0. The van der Waals surface area contributed by atoms with Crippen LogP contribution in [0.2, 0.25) is 5.02 Å². The van der Waals surface area contributed by atoms with Gasteiger partial charge in [0.2, 0.25) is 5.91 Å². The van der Waals surface area contributed by atoms with Crippen LogP contribution in [0.4, 0.5) is 11.4 Å². The fourth-order valence-corrected chi connectivity index (χ4v) is 4.47. The van der Waals surface area contributed by atoms with Gasteiger partial charge in [-0.05, 0) is 85.6 Å². The fraction of sp³-hybridized carbons (Fsp3) is 0.174. The van der Waals surface area contributed by atoms with Gasteiger partial charge in [-0.25, -0.2) is 8.42 Å². The molecule has 1 amide bonds. The van der Waals surface area contributed by atoms with Crippen LogP contribution in [0.5, 0.6) is 5.75 Å². The van der Waals surface area contributed by atoms with E-state index in [0.29, 0.717) is 22.1 Å². The third-order valence-electron chi connectivity index (χ3n) is 4.84. The molecule has 0 bridgehead atoms. The van der Waals surface area contributed by atoms with Crippen molar-refractivity contribution in [3.05, 3.63) is 82.9 Å². The molecule has 0 aliphatic carbocycles. The highest BCUT2D eigenvalue weighted by Crippen LogP contribution is 2.27. The van der Waals surface area contributed by atoms with Crippen LogP contribution >= 0.6 is 11.6 Å². The van der Waals surface area contributed by atoms with Crippen molar-refractivity contribution < 1.29 is 17.9 Å². The molecule has 0 aromatic heterocycles. The molecule has 0 fully saturated rings. The van der Waals surface area contributed by atoms with E-state index in [4.69, 9.17) is 16.3 Å². The van der Waals surface area contributed by atoms with Crippen molar-refractivity contribution in [2.45, 2.75) is 18.7 Å². The number of ether oxygens (including phenoxy) is 1. The quantitative estimate of drug-likeness (QED) is 0.551. The average molecular weight is 459 g/mol. The second kappa shape index (κ2) is 9.41. The highest BCUT2D eigenvalue weighted by atomic mass is 35.5. The summed E-state index contributed by atoms with van der Waals surface area (Å²) in [6.07, 6.45) is 0. The molecule has 0 radical (unpaired) electrons. The van der Waals surface area contributed by atoms with Crippen LogP contribution in [0.25, 0.3) is 0 Å². The summed E-state index contributed by atoms with van der Waals surface area (Å²) < 4.78 is 33.0. The third-order valence-corrected chi connectivity index (χ3v) is 6.88. The summed E-state index contributed by atoms with van der Waals surface area (Å²) in [6.45, 7) is 3.44. The van der Waals surface area contributed by atoms with Crippen LogP contribution in [0.1, 0.15) is 11.1 Å². The fourth-order valence-electron chi connectivity index (χ4n) is 2.93. The number of nitrogens with one attached hydrogen (secondary N) is 1. The Balaban J connectivity index is 1.94. The van der Waals surface area contributed by atoms with Gasteiger partial charge >= 0.3 is 0 Å². The molecule has 0 aliphatic heterocycles. The standard InChI is InChI=1S/C23H23ClN2O4S/c1-16-4-9-20(14-17(16)2)26(31(28,29)22-12-5-18(24)6-13-22)15-23(27)25-19-7-10-21(30-3)11-8-19/h4-14H,15H2,1-3H3,(H,25,27). The molecule has 8 heteroatoms. The minimum atomic E-state index is -4.00. The van der Waals surface area contributed by atoms with Gasteiger partial charge in [0.15, 0.2) is 0 Å². The van der Waals surface area contributed by atoms with Crippen LogP contribution in [-0.2, 0) is 14.8 Å². The lowest BCUT2D eigenvalue weighted by molar-refractivity contribution is -0.114. The Morgan fingerprint density at radius 1 is 0.968 bits per heavy atom. The minimum absolute atomic E-state index is 0.0485. The molecule has 0 unspecified atom stereocenters. The molecule has 0 heterocycles. The number of rotatable bonds is 7. The van der Waals surface area contributed by atoms with Gasteiger partial charge in [0.05, 0.1) is 17.7 Å². The zero-order valence-electron chi connectivity index (χ0n) is 17.4. The molecule has 3 rings (SSSR count). The van der Waals surface area contributed by atoms with E-state index < -0.39 is 15.9 Å². The van der Waals surface area contributed by atoms with E-state index in [2.05, 4.69) is 5.32 Å². The molecular formula is C23H23ClN2O4S. The summed E-state index contributed by atoms with van der Waals surface area (Å²) in [4.78, 5) is 12.8. The van der Waals surface area contributed by atoms with E-state index in [1.54, 1.807) is 43.5 Å². The van der Waals surface area contributed by atoms with Crippen molar-refractivity contribution in [1.29, 1.82) is 0 Å². The van der Waals surface area contributed by atoms with Gasteiger partial charge in [0.25, 0.3) is 10.0 Å². The Labute approximate surface area is 187 Å². The van der Waals surface area contributed by atoms with E-state index in [9.17, 15) is 13.2 Å². The summed E-state index contributed by atoms with van der Waals surface area (Å²) in [5.74, 6) is 0.181. The number of carbonyl (C=O) groups is 1. The first-order valence-electron chi connectivity index (χ1n) is 9.50. The molecule has 1 N–H and O–H groups in total. The van der Waals surface area contributed by atoms with Gasteiger partial charge in [-0.15, -0.1) is 0 Å². The number of benzene rings is 3. The molecule has 162 valence electrons. The van der Waals surface area contributed by atoms with Crippen molar-refractivity contribution >= 4 is 38.9 Å². The largest absolute Gasteiger partial charge is 0.497 e. The van der Waals surface area contributed by atoms with E-state index in [0.717, 1.165) is 15.4 Å². The molecule has 0 spiro atoms. The summed E-state index contributed by atoms with van der Waals surface area (Å²) in [6, 6.07) is 17.9. The summed E-state index contributed by atoms with van der Waals surface area (Å²) in [5, 5.41) is 3.16. The first-order chi connectivity index (χ1) is 14.7. The predicted molar refractivity (Wildman–Crippen MR) is 124 cm³/mol. The zero-order chi connectivity index (χ0) is 22.6. The molecule has 3 aromatic carbocycles. The first kappa shape index (κ1) is 22.7. The Bertz CT molecular complexity index is 1180. The number of halogens is 1. The first-order valence-corrected chi connectivity index (χ1v) is 11.3. The number of sulfonamides is 1. The van der Waals surface area contributed by atoms with Crippen LogP contribution in [0.3, 0.4) is 0 Å². The normalized spacial score (nSPS) is 11.1. The van der Waals surface area contributed by atoms with Crippen LogP contribution in [0.15, 0.2) is 71.6 Å². The van der Waals surface area contributed by atoms with Crippen LogP contribution in [0, 0.1) is 13.8 Å². The number of hydrogen-bond donors (Lipinski definition) is 1. The van der Waals surface area contributed by atoms with Crippen LogP contribution in [-0.4, -0.2) is 28.0 Å². The van der Waals surface area contributed by atoms with Crippen LogP contribution < -0.4 is 14.4 Å². The number of carbonyl (C=O) groups excluding carboxylic acids is 1. The molecule has 0 saturated carbocycles. The Kier molecular flexibility index (Phi) is 6.87. The maximum atomic E-state index is 13.4. The summed E-state index contributed by atoms with van der Waals surface area (Å²) in [5.41, 5.74) is 2.89. The topological polar surface area (TPSA) is 75.7 Å². The molecule has 31 heavy (non-hydrogen) atoms. The highest BCUT2D eigenvalue weighted by Gasteiger charge is 2.27. The number of anilines is 2. The van der Waals surface area contributed by atoms with E-state index in [1.807, 2.05) is 19.9 Å². The van der Waals surface area contributed by atoms with E-state index in [1.165, 1.54) is 24.3 Å². The van der Waals surface area contributed by atoms with Gasteiger partial charge < -0.3 is 10.1 Å². The minimum Gasteiger partial charge on any atom is -0.497 e. The van der Waals surface area contributed by atoms with Gasteiger partial charge in [0, 0.05) is 10.7 Å². The number of hydrogen-bond acceptors (Lipinski definition) is 4. The summed E-state index contributed by atoms with van der Waals surface area (Å²) >= 11 is 5.91. The van der Waals surface area contributed by atoms with Gasteiger partial charge in [-0.1, -0.05) is 17.7 Å². The number of aryl methyl sites for hydroxylation is 2. The predicted octanol–water partition coefficient (Wildman–Crippen LogP) is 4.80. The second-order valence-corrected chi connectivity index (χ2v) is 9.31. The Hall–Kier alpha value is -3.03. The van der Waals surface area contributed by atoms with Crippen molar-refractivity contribution in [3.63, 3.8) is 0 Å². The summed E-state index contributed by atoms with van der Waals surface area (Å²) in [7, 11) is -2.45. The molecular weight excluding hydrogens is 436 g/mol. The molecule has 0 saturated heterocycles. The van der Waals surface area contributed by atoms with E-state index in [-0.39, 0.29) is 11.4 Å². The average Bonchev–Trinajstić information content (AvgIpc) is 2.75. The number of nitrogens with zero attached hydrogens (tertiary/aromatic N) is 1. The third kappa shape index (κ3) is 5.37. The molecule has 3 aromatic rings. The van der Waals surface area contributed by atoms with Crippen molar-refractivity contribution in [1.82, 2.24) is 0 Å². The Morgan fingerprint density at radius 2 is 1.61 bits per heavy atom. The molecule has 6 nitrogen and oxygen atoms in total. The van der Waals surface area contributed by atoms with Crippen molar-refractivity contribution in [2.24, 2.45) is 0 Å². The smallest absolute Gasteiger partial charge is 0.264 e. The SMILES string of the molecule is COc1ccc(NC(=O)CN(c2ccc(C)c(C)c2)S(=O)(=O)c2ccc(Cl)cc2)cc1. The van der Waals surface area contributed by atoms with Crippen molar-refractivity contribution in [2.75, 3.05) is 23.3 Å². The van der Waals surface area contributed by atoms with Gasteiger partial charge in [-0.3, -0.25) is 9.10 Å². The molecule has 0 aliphatic rings. The lowest BCUT2D eigenvalue weighted by Crippen LogP contribution is -2.38. The van der Waals surface area contributed by atoms with E-state index >= 15 is 0 Å². The Morgan fingerprint density at radius 3 is 2.19 bits per heavy atom. The maximum Gasteiger partial charge on any atom is 0.264 e. The van der Waals surface area contributed by atoms with Crippen molar-refractivity contribution in [3.8, 4) is 5.75 Å². The monoisotopic (exact) mass is 458 g/mol. The number of methoxy groups -OCH3 is 1. The maximum absolute atomic E-state index is 13.4. The lowest BCUT2D eigenvalue weighted by atomic mass is 10.1. The lowest BCUT2D eigenvalue weighted by Gasteiger charge is -2.25. The van der Waals surface area contributed by atoms with Gasteiger partial charge in [-0.2, -0.15) is 0 Å². The number of amides is 1. The second-order valence-electron chi connectivity index (χ2n) is 7.01. The molecule has 0 atom stereocenters. The van der Waals surface area contributed by atoms with Gasteiger partial charge in [0.1, 0.15) is 12.3 Å².